The van der Waals surface area contributed by atoms with Gasteiger partial charge in [0, 0.05) is 18.2 Å². The normalized spacial score (nSPS) is 20.9. The van der Waals surface area contributed by atoms with Crippen LogP contribution in [0, 0.1) is 0 Å². The lowest BCUT2D eigenvalue weighted by Gasteiger charge is -2.15. The second-order valence-electron chi connectivity index (χ2n) is 3.52. The van der Waals surface area contributed by atoms with Crippen molar-refractivity contribution < 1.29 is 4.79 Å². The van der Waals surface area contributed by atoms with E-state index in [-0.39, 0.29) is 11.9 Å². The number of anilines is 1. The van der Waals surface area contributed by atoms with E-state index in [1.54, 1.807) is 0 Å². The van der Waals surface area contributed by atoms with Crippen molar-refractivity contribution in [2.75, 3.05) is 12.4 Å². The third kappa shape index (κ3) is 1.63. The van der Waals surface area contributed by atoms with Crippen molar-refractivity contribution in [2.45, 2.75) is 18.9 Å². The van der Waals surface area contributed by atoms with Gasteiger partial charge in [0.1, 0.15) is 0 Å². The molecule has 1 heterocycles. The molecule has 1 aromatic carbocycles. The highest BCUT2D eigenvalue weighted by molar-refractivity contribution is 5.92. The van der Waals surface area contributed by atoms with Crippen molar-refractivity contribution in [3.8, 4) is 0 Å². The molecule has 0 bridgehead atoms. The molecule has 0 unspecified atom stereocenters. The van der Waals surface area contributed by atoms with Crippen molar-refractivity contribution >= 4 is 11.6 Å². The van der Waals surface area contributed by atoms with Crippen LogP contribution in [0.5, 0.6) is 0 Å². The fourth-order valence-electron chi connectivity index (χ4n) is 1.86. The number of benzene rings is 1. The Bertz CT molecular complexity index is 349. The summed E-state index contributed by atoms with van der Waals surface area (Å²) in [5, 5.41) is 6.14. The first-order chi connectivity index (χ1) is 6.81. The molecule has 0 aromatic heterocycles. The lowest BCUT2D eigenvalue weighted by atomic mass is 10.0. The first-order valence-corrected chi connectivity index (χ1v) is 4.87. The Morgan fingerprint density at radius 3 is 3.00 bits per heavy atom. The molecule has 0 saturated carbocycles. The van der Waals surface area contributed by atoms with Crippen molar-refractivity contribution in [3.05, 3.63) is 29.8 Å². The fraction of sp³-hybridized carbons (Fsp3) is 0.364. The predicted octanol–water partition coefficient (Wildman–Crippen LogP) is 1.68. The number of fused-ring (bicyclic) bond motifs is 1. The monoisotopic (exact) mass is 190 g/mol. The molecular formula is C11H14N2O. The Balaban J connectivity index is 2.40. The lowest BCUT2D eigenvalue weighted by Crippen LogP contribution is -2.15. The third-order valence-corrected chi connectivity index (χ3v) is 2.62. The van der Waals surface area contributed by atoms with Crippen molar-refractivity contribution in [3.63, 3.8) is 0 Å². The number of nitrogens with one attached hydrogen (secondary N) is 2. The number of amides is 1. The maximum atomic E-state index is 11.4. The van der Waals surface area contributed by atoms with Crippen LogP contribution in [0.15, 0.2) is 24.3 Å². The summed E-state index contributed by atoms with van der Waals surface area (Å²) in [6, 6.07) is 8.23. The Morgan fingerprint density at radius 2 is 2.21 bits per heavy atom. The zero-order valence-corrected chi connectivity index (χ0v) is 8.21. The van der Waals surface area contributed by atoms with Crippen LogP contribution < -0.4 is 10.6 Å². The van der Waals surface area contributed by atoms with E-state index in [9.17, 15) is 4.79 Å². The summed E-state index contributed by atoms with van der Waals surface area (Å²) >= 11 is 0. The lowest BCUT2D eigenvalue weighted by molar-refractivity contribution is -0.116. The van der Waals surface area contributed by atoms with Crippen LogP contribution in [0.2, 0.25) is 0 Å². The molecule has 2 N–H and O–H groups in total. The largest absolute Gasteiger partial charge is 0.326 e. The van der Waals surface area contributed by atoms with Crippen LogP contribution in [-0.2, 0) is 4.79 Å². The number of rotatable bonds is 1. The second-order valence-corrected chi connectivity index (χ2v) is 3.52. The van der Waals surface area contributed by atoms with Gasteiger partial charge >= 0.3 is 0 Å². The van der Waals surface area contributed by atoms with Gasteiger partial charge in [-0.1, -0.05) is 18.2 Å². The predicted molar refractivity (Wildman–Crippen MR) is 56.1 cm³/mol. The third-order valence-electron chi connectivity index (χ3n) is 2.62. The molecule has 0 spiro atoms. The Kier molecular flexibility index (Phi) is 2.50. The molecule has 0 radical (unpaired) electrons. The second kappa shape index (κ2) is 3.80. The van der Waals surface area contributed by atoms with E-state index >= 15 is 0 Å². The Morgan fingerprint density at radius 1 is 1.43 bits per heavy atom. The Labute approximate surface area is 83.5 Å². The molecule has 1 aromatic rings. The van der Waals surface area contributed by atoms with Gasteiger partial charge in [0.25, 0.3) is 0 Å². The fourth-order valence-corrected chi connectivity index (χ4v) is 1.86. The average molecular weight is 190 g/mol. The standard InChI is InChI=1S/C11H14N2O/c1-12-9-6-7-11(14)13-10-5-3-2-4-8(9)10/h2-5,9,12H,6-7H2,1H3,(H,13,14)/t9-/m0/s1. The molecule has 1 amide bonds. The molecule has 0 fully saturated rings. The zero-order valence-electron chi connectivity index (χ0n) is 8.21. The molecular weight excluding hydrogens is 176 g/mol. The van der Waals surface area contributed by atoms with Gasteiger partial charge in [-0.05, 0) is 25.1 Å². The summed E-state index contributed by atoms with van der Waals surface area (Å²) < 4.78 is 0. The number of para-hydroxylation sites is 1. The van der Waals surface area contributed by atoms with Gasteiger partial charge in [0.15, 0.2) is 0 Å². The molecule has 1 atom stereocenters. The SMILES string of the molecule is CN[C@H]1CCC(=O)Nc2ccccc21. The van der Waals surface area contributed by atoms with Crippen LogP contribution in [0.25, 0.3) is 0 Å². The van der Waals surface area contributed by atoms with E-state index in [0.717, 1.165) is 12.1 Å². The highest BCUT2D eigenvalue weighted by Gasteiger charge is 2.19. The van der Waals surface area contributed by atoms with Gasteiger partial charge in [0.2, 0.25) is 5.91 Å². The molecule has 0 saturated heterocycles. The van der Waals surface area contributed by atoms with Gasteiger partial charge in [-0.3, -0.25) is 4.79 Å². The average Bonchev–Trinajstić information content (AvgIpc) is 2.36. The van der Waals surface area contributed by atoms with Crippen molar-refractivity contribution in [1.82, 2.24) is 5.32 Å². The summed E-state index contributed by atoms with van der Waals surface area (Å²) in [5.41, 5.74) is 2.12. The summed E-state index contributed by atoms with van der Waals surface area (Å²) in [4.78, 5) is 11.4. The van der Waals surface area contributed by atoms with Gasteiger partial charge < -0.3 is 10.6 Å². The molecule has 0 aliphatic carbocycles. The molecule has 3 nitrogen and oxygen atoms in total. The maximum Gasteiger partial charge on any atom is 0.224 e. The van der Waals surface area contributed by atoms with Crippen LogP contribution in [0.4, 0.5) is 5.69 Å². The molecule has 74 valence electrons. The molecule has 2 rings (SSSR count). The topological polar surface area (TPSA) is 41.1 Å². The number of hydrogen-bond donors (Lipinski definition) is 2. The Hall–Kier alpha value is -1.35. The van der Waals surface area contributed by atoms with Crippen molar-refractivity contribution in [1.29, 1.82) is 0 Å². The first kappa shape index (κ1) is 9.21. The van der Waals surface area contributed by atoms with E-state index in [4.69, 9.17) is 0 Å². The van der Waals surface area contributed by atoms with E-state index < -0.39 is 0 Å². The van der Waals surface area contributed by atoms with Crippen LogP contribution in [-0.4, -0.2) is 13.0 Å². The van der Waals surface area contributed by atoms with E-state index in [1.807, 2.05) is 25.2 Å². The number of hydrogen-bond acceptors (Lipinski definition) is 2. The summed E-state index contributed by atoms with van der Waals surface area (Å²) in [7, 11) is 1.93. The summed E-state index contributed by atoms with van der Waals surface area (Å²) in [5.74, 6) is 0.107. The molecule has 14 heavy (non-hydrogen) atoms. The smallest absolute Gasteiger partial charge is 0.224 e. The zero-order chi connectivity index (χ0) is 9.97. The number of carbonyl (C=O) groups is 1. The minimum absolute atomic E-state index is 0.107. The number of carbonyl (C=O) groups excluding carboxylic acids is 1. The molecule has 1 aliphatic heterocycles. The first-order valence-electron chi connectivity index (χ1n) is 4.87. The highest BCUT2D eigenvalue weighted by atomic mass is 16.1. The minimum atomic E-state index is 0.107. The molecule has 3 heteroatoms. The van der Waals surface area contributed by atoms with E-state index in [2.05, 4.69) is 16.7 Å². The van der Waals surface area contributed by atoms with Crippen LogP contribution in [0.1, 0.15) is 24.4 Å². The summed E-state index contributed by atoms with van der Waals surface area (Å²) in [6.07, 6.45) is 1.44. The van der Waals surface area contributed by atoms with Gasteiger partial charge in [-0.15, -0.1) is 0 Å². The van der Waals surface area contributed by atoms with Crippen LogP contribution in [0.3, 0.4) is 0 Å². The van der Waals surface area contributed by atoms with Gasteiger partial charge in [-0.25, -0.2) is 0 Å². The van der Waals surface area contributed by atoms with Gasteiger partial charge in [-0.2, -0.15) is 0 Å². The quantitative estimate of drug-likeness (QED) is 0.707. The van der Waals surface area contributed by atoms with E-state index in [0.29, 0.717) is 6.42 Å². The highest BCUT2D eigenvalue weighted by Crippen LogP contribution is 2.28. The van der Waals surface area contributed by atoms with Crippen molar-refractivity contribution in [2.24, 2.45) is 0 Å². The maximum absolute atomic E-state index is 11.4. The molecule has 1 aliphatic rings. The summed E-state index contributed by atoms with van der Waals surface area (Å²) in [6.45, 7) is 0. The minimum Gasteiger partial charge on any atom is -0.326 e. The van der Waals surface area contributed by atoms with E-state index in [1.165, 1.54) is 5.56 Å². The van der Waals surface area contributed by atoms with Gasteiger partial charge in [0.05, 0.1) is 0 Å². The van der Waals surface area contributed by atoms with Crippen LogP contribution >= 0.6 is 0 Å².